The SMILES string of the molecule is COCCN(CCOC)c1nc(Cl)nc2sc(C)c(-c3ccc(C(C)C)cc3)c12. The third-order valence-corrected chi connectivity index (χ3v) is 6.15. The van der Waals surface area contributed by atoms with E-state index in [0.29, 0.717) is 32.2 Å². The molecule has 7 heteroatoms. The van der Waals surface area contributed by atoms with Gasteiger partial charge in [0.2, 0.25) is 5.28 Å². The first-order valence-corrected chi connectivity index (χ1v) is 11.0. The van der Waals surface area contributed by atoms with Crippen LogP contribution in [0.5, 0.6) is 0 Å². The van der Waals surface area contributed by atoms with E-state index in [0.717, 1.165) is 16.0 Å². The molecule has 0 saturated heterocycles. The van der Waals surface area contributed by atoms with Crippen LogP contribution in [0.4, 0.5) is 5.82 Å². The van der Waals surface area contributed by atoms with Gasteiger partial charge in [-0.3, -0.25) is 0 Å². The van der Waals surface area contributed by atoms with Gasteiger partial charge in [0.25, 0.3) is 0 Å². The normalized spacial score (nSPS) is 11.6. The predicted molar refractivity (Wildman–Crippen MR) is 123 cm³/mol. The molecular formula is C22H28ClN3O2S. The number of rotatable bonds is 9. The third kappa shape index (κ3) is 4.89. The van der Waals surface area contributed by atoms with Crippen LogP contribution in [0.25, 0.3) is 21.3 Å². The molecule has 0 amide bonds. The second-order valence-electron chi connectivity index (χ2n) is 7.28. The maximum atomic E-state index is 6.29. The number of fused-ring (bicyclic) bond motifs is 1. The molecule has 0 fully saturated rings. The van der Waals surface area contributed by atoms with Crippen molar-refractivity contribution >= 4 is 39.0 Å². The highest BCUT2D eigenvalue weighted by Gasteiger charge is 2.22. The number of anilines is 1. The van der Waals surface area contributed by atoms with Crippen molar-refractivity contribution in [2.45, 2.75) is 26.7 Å². The fourth-order valence-corrected chi connectivity index (χ4v) is 4.66. The molecule has 2 heterocycles. The van der Waals surface area contributed by atoms with Crippen molar-refractivity contribution in [3.05, 3.63) is 40.0 Å². The average molecular weight is 434 g/mol. The lowest BCUT2D eigenvalue weighted by Gasteiger charge is -2.24. The van der Waals surface area contributed by atoms with Gasteiger partial charge in [-0.05, 0) is 35.6 Å². The molecule has 0 aliphatic rings. The van der Waals surface area contributed by atoms with Crippen molar-refractivity contribution in [1.82, 2.24) is 9.97 Å². The molecule has 0 N–H and O–H groups in total. The van der Waals surface area contributed by atoms with Crippen molar-refractivity contribution in [3.63, 3.8) is 0 Å². The van der Waals surface area contributed by atoms with Crippen LogP contribution in [0, 0.1) is 6.92 Å². The van der Waals surface area contributed by atoms with Crippen molar-refractivity contribution < 1.29 is 9.47 Å². The van der Waals surface area contributed by atoms with Crippen LogP contribution in [-0.4, -0.2) is 50.5 Å². The lowest BCUT2D eigenvalue weighted by Crippen LogP contribution is -2.31. The summed E-state index contributed by atoms with van der Waals surface area (Å²) in [5, 5.41) is 1.30. The van der Waals surface area contributed by atoms with E-state index in [4.69, 9.17) is 21.1 Å². The summed E-state index contributed by atoms with van der Waals surface area (Å²) in [7, 11) is 3.40. The standard InChI is InChI=1S/C22H28ClN3O2S/c1-14(2)16-6-8-17(9-7-16)18-15(3)29-21-19(18)20(24-22(23)25-21)26(10-12-27-4)11-13-28-5/h6-9,14H,10-13H2,1-5H3. The monoisotopic (exact) mass is 433 g/mol. The molecule has 0 aliphatic heterocycles. The van der Waals surface area contributed by atoms with E-state index in [1.807, 2.05) is 0 Å². The van der Waals surface area contributed by atoms with E-state index in [1.54, 1.807) is 25.6 Å². The Balaban J connectivity index is 2.17. The summed E-state index contributed by atoms with van der Waals surface area (Å²) in [6.45, 7) is 9.12. The van der Waals surface area contributed by atoms with Crippen LogP contribution in [0.3, 0.4) is 0 Å². The van der Waals surface area contributed by atoms with Gasteiger partial charge < -0.3 is 14.4 Å². The Morgan fingerprint density at radius 3 is 2.21 bits per heavy atom. The molecule has 1 aromatic carbocycles. The maximum absolute atomic E-state index is 6.29. The van der Waals surface area contributed by atoms with Gasteiger partial charge >= 0.3 is 0 Å². The van der Waals surface area contributed by atoms with Gasteiger partial charge in [0.1, 0.15) is 10.6 Å². The van der Waals surface area contributed by atoms with E-state index in [2.05, 4.69) is 59.9 Å². The summed E-state index contributed by atoms with van der Waals surface area (Å²) in [6, 6.07) is 8.79. The molecule has 0 aliphatic carbocycles. The summed E-state index contributed by atoms with van der Waals surface area (Å²) >= 11 is 7.95. The molecule has 0 saturated carbocycles. The molecule has 156 valence electrons. The molecule has 2 aromatic heterocycles. The maximum Gasteiger partial charge on any atom is 0.225 e. The zero-order valence-corrected chi connectivity index (χ0v) is 19.2. The number of nitrogens with zero attached hydrogens (tertiary/aromatic N) is 3. The number of benzene rings is 1. The average Bonchev–Trinajstić information content (AvgIpc) is 3.03. The first-order chi connectivity index (χ1) is 14.0. The highest BCUT2D eigenvalue weighted by molar-refractivity contribution is 7.19. The van der Waals surface area contributed by atoms with Crippen LogP contribution in [0.15, 0.2) is 24.3 Å². The lowest BCUT2D eigenvalue weighted by atomic mass is 9.97. The zero-order valence-electron chi connectivity index (χ0n) is 17.7. The number of hydrogen-bond donors (Lipinski definition) is 0. The molecule has 0 unspecified atom stereocenters. The van der Waals surface area contributed by atoms with Gasteiger partial charge in [-0.25, -0.2) is 4.98 Å². The number of methoxy groups -OCH3 is 2. The number of thiophene rings is 1. The molecule has 0 radical (unpaired) electrons. The molecule has 3 rings (SSSR count). The Labute approximate surface area is 181 Å². The topological polar surface area (TPSA) is 47.5 Å². The summed E-state index contributed by atoms with van der Waals surface area (Å²) in [5.41, 5.74) is 3.67. The molecule has 3 aromatic rings. The summed E-state index contributed by atoms with van der Waals surface area (Å²) in [4.78, 5) is 13.4. The minimum atomic E-state index is 0.260. The number of ether oxygens (including phenoxy) is 2. The first kappa shape index (κ1) is 22.0. The highest BCUT2D eigenvalue weighted by atomic mass is 35.5. The molecule has 5 nitrogen and oxygen atoms in total. The summed E-state index contributed by atoms with van der Waals surface area (Å²) in [5.74, 6) is 1.34. The summed E-state index contributed by atoms with van der Waals surface area (Å²) < 4.78 is 10.6. The molecule has 29 heavy (non-hydrogen) atoms. The summed E-state index contributed by atoms with van der Waals surface area (Å²) in [6.07, 6.45) is 0. The van der Waals surface area contributed by atoms with E-state index < -0.39 is 0 Å². The molecule has 0 bridgehead atoms. The van der Waals surface area contributed by atoms with Crippen LogP contribution in [0.1, 0.15) is 30.2 Å². The Kier molecular flexibility index (Phi) is 7.46. The molecule has 0 spiro atoms. The number of halogens is 1. The lowest BCUT2D eigenvalue weighted by molar-refractivity contribution is 0.190. The van der Waals surface area contributed by atoms with Crippen LogP contribution in [0.2, 0.25) is 5.28 Å². The Bertz CT molecular complexity index is 949. The first-order valence-electron chi connectivity index (χ1n) is 9.76. The van der Waals surface area contributed by atoms with E-state index in [9.17, 15) is 0 Å². The quantitative estimate of drug-likeness (QED) is 0.414. The zero-order chi connectivity index (χ0) is 21.0. The van der Waals surface area contributed by atoms with Crippen molar-refractivity contribution in [2.75, 3.05) is 45.4 Å². The second kappa shape index (κ2) is 9.85. The van der Waals surface area contributed by atoms with Gasteiger partial charge in [0.05, 0.1) is 18.6 Å². The van der Waals surface area contributed by atoms with Gasteiger partial charge in [0, 0.05) is 37.7 Å². The van der Waals surface area contributed by atoms with Gasteiger partial charge in [-0.1, -0.05) is 38.1 Å². The number of aromatic nitrogens is 2. The predicted octanol–water partition coefficient (Wildman–Crippen LogP) is 5.54. The van der Waals surface area contributed by atoms with Crippen molar-refractivity contribution in [2.24, 2.45) is 0 Å². The Morgan fingerprint density at radius 1 is 1.03 bits per heavy atom. The Morgan fingerprint density at radius 2 is 1.66 bits per heavy atom. The van der Waals surface area contributed by atoms with Crippen LogP contribution >= 0.6 is 22.9 Å². The minimum absolute atomic E-state index is 0.260. The minimum Gasteiger partial charge on any atom is -0.383 e. The second-order valence-corrected chi connectivity index (χ2v) is 8.82. The van der Waals surface area contributed by atoms with E-state index >= 15 is 0 Å². The van der Waals surface area contributed by atoms with Crippen LogP contribution in [-0.2, 0) is 9.47 Å². The highest BCUT2D eigenvalue weighted by Crippen LogP contribution is 2.42. The van der Waals surface area contributed by atoms with Gasteiger partial charge in [0.15, 0.2) is 0 Å². The molecule has 0 atom stereocenters. The fourth-order valence-electron chi connectivity index (χ4n) is 3.41. The molecular weight excluding hydrogens is 406 g/mol. The largest absolute Gasteiger partial charge is 0.383 e. The smallest absolute Gasteiger partial charge is 0.225 e. The van der Waals surface area contributed by atoms with Crippen molar-refractivity contribution in [1.29, 1.82) is 0 Å². The van der Waals surface area contributed by atoms with Gasteiger partial charge in [-0.15, -0.1) is 11.3 Å². The fraction of sp³-hybridized carbons (Fsp3) is 0.455. The van der Waals surface area contributed by atoms with Crippen LogP contribution < -0.4 is 4.90 Å². The van der Waals surface area contributed by atoms with E-state index in [1.165, 1.54) is 21.6 Å². The van der Waals surface area contributed by atoms with Gasteiger partial charge in [-0.2, -0.15) is 4.98 Å². The van der Waals surface area contributed by atoms with E-state index in [-0.39, 0.29) is 5.28 Å². The number of aryl methyl sites for hydroxylation is 1. The number of hydrogen-bond acceptors (Lipinski definition) is 6. The Hall–Kier alpha value is -1.73. The van der Waals surface area contributed by atoms with Crippen molar-refractivity contribution in [3.8, 4) is 11.1 Å². The third-order valence-electron chi connectivity index (χ3n) is 4.98.